The van der Waals surface area contributed by atoms with Crippen molar-refractivity contribution in [2.45, 2.75) is 31.2 Å². The first-order valence-corrected chi connectivity index (χ1v) is 5.34. The van der Waals surface area contributed by atoms with Gasteiger partial charge in [-0.1, -0.05) is 0 Å². The summed E-state index contributed by atoms with van der Waals surface area (Å²) in [5.41, 5.74) is 5.85. The molecular formula is C10H18N2O2. The lowest BCUT2D eigenvalue weighted by Crippen LogP contribution is -2.52. The Bertz CT molecular complexity index is 220. The molecule has 0 unspecified atom stereocenters. The van der Waals surface area contributed by atoms with E-state index in [1.54, 1.807) is 0 Å². The third-order valence-corrected chi connectivity index (χ3v) is 3.22. The Morgan fingerprint density at radius 3 is 2.50 bits per heavy atom. The van der Waals surface area contributed by atoms with Gasteiger partial charge in [-0.25, -0.2) is 0 Å². The first kappa shape index (κ1) is 9.93. The number of carbonyl (C=O) groups excluding carboxylic acids is 1. The lowest BCUT2D eigenvalue weighted by atomic mass is 9.75. The molecule has 2 N–H and O–H groups in total. The van der Waals surface area contributed by atoms with E-state index in [9.17, 15) is 4.79 Å². The summed E-state index contributed by atoms with van der Waals surface area (Å²) in [7, 11) is 0. The van der Waals surface area contributed by atoms with Crippen LogP contribution in [-0.4, -0.2) is 42.6 Å². The average molecular weight is 198 g/mol. The highest BCUT2D eigenvalue weighted by molar-refractivity contribution is 5.77. The Morgan fingerprint density at radius 2 is 2.00 bits per heavy atom. The van der Waals surface area contributed by atoms with Crippen molar-refractivity contribution >= 4 is 5.91 Å². The summed E-state index contributed by atoms with van der Waals surface area (Å²) in [6.45, 7) is 2.80. The van der Waals surface area contributed by atoms with Crippen LogP contribution in [0.3, 0.4) is 0 Å². The van der Waals surface area contributed by atoms with E-state index in [4.69, 9.17) is 10.5 Å². The van der Waals surface area contributed by atoms with Gasteiger partial charge < -0.3 is 15.4 Å². The molecule has 0 aromatic carbocycles. The van der Waals surface area contributed by atoms with E-state index >= 15 is 0 Å². The third-order valence-electron chi connectivity index (χ3n) is 3.22. The van der Waals surface area contributed by atoms with Gasteiger partial charge in [0.2, 0.25) is 5.91 Å². The number of ether oxygens (including phenoxy) is 1. The monoisotopic (exact) mass is 198 g/mol. The second-order valence-corrected chi connectivity index (χ2v) is 4.39. The van der Waals surface area contributed by atoms with Crippen LogP contribution in [0.4, 0.5) is 0 Å². The molecule has 1 heterocycles. The second kappa shape index (κ2) is 3.87. The molecule has 0 spiro atoms. The molecule has 4 nitrogen and oxygen atoms in total. The van der Waals surface area contributed by atoms with Gasteiger partial charge in [0, 0.05) is 25.0 Å². The highest BCUT2D eigenvalue weighted by Crippen LogP contribution is 2.32. The van der Waals surface area contributed by atoms with E-state index in [1.165, 1.54) is 6.42 Å². The standard InChI is InChI=1S/C10H18N2O2/c11-10(2-1-3-10)8-9(13)12-4-6-14-7-5-12/h1-8,11H2. The normalized spacial score (nSPS) is 25.6. The number of amides is 1. The van der Waals surface area contributed by atoms with Crippen molar-refractivity contribution < 1.29 is 9.53 Å². The molecule has 1 saturated heterocycles. The molecule has 0 atom stereocenters. The van der Waals surface area contributed by atoms with Gasteiger partial charge in [-0.3, -0.25) is 4.79 Å². The van der Waals surface area contributed by atoms with Gasteiger partial charge >= 0.3 is 0 Å². The zero-order valence-electron chi connectivity index (χ0n) is 8.50. The molecule has 80 valence electrons. The number of nitrogens with zero attached hydrogens (tertiary/aromatic N) is 1. The molecule has 0 bridgehead atoms. The summed E-state index contributed by atoms with van der Waals surface area (Å²) in [5, 5.41) is 0. The van der Waals surface area contributed by atoms with Gasteiger partial charge in [0.1, 0.15) is 0 Å². The Labute approximate surface area is 84.4 Å². The maximum Gasteiger partial charge on any atom is 0.224 e. The molecular weight excluding hydrogens is 180 g/mol. The molecule has 0 radical (unpaired) electrons. The molecule has 0 aromatic heterocycles. The Morgan fingerprint density at radius 1 is 1.36 bits per heavy atom. The predicted molar refractivity (Wildman–Crippen MR) is 52.8 cm³/mol. The van der Waals surface area contributed by atoms with Gasteiger partial charge in [-0.05, 0) is 19.3 Å². The maximum atomic E-state index is 11.8. The highest BCUT2D eigenvalue weighted by Gasteiger charge is 2.36. The van der Waals surface area contributed by atoms with Gasteiger partial charge in [-0.2, -0.15) is 0 Å². The molecule has 1 amide bonds. The smallest absolute Gasteiger partial charge is 0.224 e. The number of carbonyl (C=O) groups is 1. The first-order chi connectivity index (χ1) is 6.70. The summed E-state index contributed by atoms with van der Waals surface area (Å²) in [4.78, 5) is 13.7. The zero-order valence-corrected chi connectivity index (χ0v) is 8.50. The van der Waals surface area contributed by atoms with E-state index in [1.807, 2.05) is 4.90 Å². The molecule has 14 heavy (non-hydrogen) atoms. The molecule has 1 saturated carbocycles. The Hall–Kier alpha value is -0.610. The van der Waals surface area contributed by atoms with Crippen LogP contribution in [-0.2, 0) is 9.53 Å². The van der Waals surface area contributed by atoms with Gasteiger partial charge in [0.25, 0.3) is 0 Å². The van der Waals surface area contributed by atoms with Crippen molar-refractivity contribution in [3.8, 4) is 0 Å². The Balaban J connectivity index is 1.81. The molecule has 0 aromatic rings. The van der Waals surface area contributed by atoms with E-state index in [0.717, 1.165) is 25.9 Å². The zero-order chi connectivity index (χ0) is 10.0. The minimum Gasteiger partial charge on any atom is -0.378 e. The van der Waals surface area contributed by atoms with Crippen LogP contribution in [0.25, 0.3) is 0 Å². The fourth-order valence-electron chi connectivity index (χ4n) is 2.03. The minimum absolute atomic E-state index is 0.185. The summed E-state index contributed by atoms with van der Waals surface area (Å²) < 4.78 is 5.20. The predicted octanol–water partition coefficient (Wildman–Crippen LogP) is 0.117. The average Bonchev–Trinajstić information content (AvgIpc) is 2.17. The van der Waals surface area contributed by atoms with E-state index < -0.39 is 0 Å². The van der Waals surface area contributed by atoms with Crippen LogP contribution in [0.5, 0.6) is 0 Å². The summed E-state index contributed by atoms with van der Waals surface area (Å²) in [6, 6.07) is 0. The topological polar surface area (TPSA) is 55.6 Å². The van der Waals surface area contributed by atoms with Crippen molar-refractivity contribution in [1.29, 1.82) is 0 Å². The van der Waals surface area contributed by atoms with Crippen molar-refractivity contribution in [3.05, 3.63) is 0 Å². The summed E-state index contributed by atoms with van der Waals surface area (Å²) in [6.07, 6.45) is 3.70. The van der Waals surface area contributed by atoms with Crippen LogP contribution >= 0.6 is 0 Å². The largest absolute Gasteiger partial charge is 0.378 e. The van der Waals surface area contributed by atoms with Crippen molar-refractivity contribution in [2.75, 3.05) is 26.3 Å². The fraction of sp³-hybridized carbons (Fsp3) is 0.900. The quantitative estimate of drug-likeness (QED) is 0.685. The summed E-state index contributed by atoms with van der Waals surface area (Å²) >= 11 is 0. The number of hydrogen-bond acceptors (Lipinski definition) is 3. The second-order valence-electron chi connectivity index (χ2n) is 4.39. The molecule has 1 aliphatic carbocycles. The van der Waals surface area contributed by atoms with Crippen LogP contribution < -0.4 is 5.73 Å². The van der Waals surface area contributed by atoms with Gasteiger partial charge in [0.05, 0.1) is 13.2 Å². The fourth-order valence-corrected chi connectivity index (χ4v) is 2.03. The molecule has 2 fully saturated rings. The minimum atomic E-state index is -0.185. The maximum absolute atomic E-state index is 11.8. The third kappa shape index (κ3) is 2.07. The lowest BCUT2D eigenvalue weighted by molar-refractivity contribution is -0.137. The van der Waals surface area contributed by atoms with Crippen molar-refractivity contribution in [2.24, 2.45) is 5.73 Å². The van der Waals surface area contributed by atoms with Crippen molar-refractivity contribution in [3.63, 3.8) is 0 Å². The lowest BCUT2D eigenvalue weighted by Gasteiger charge is -2.39. The van der Waals surface area contributed by atoms with Crippen LogP contribution in [0.1, 0.15) is 25.7 Å². The highest BCUT2D eigenvalue weighted by atomic mass is 16.5. The van der Waals surface area contributed by atoms with Crippen LogP contribution in [0.15, 0.2) is 0 Å². The molecule has 1 aliphatic heterocycles. The number of hydrogen-bond donors (Lipinski definition) is 1. The molecule has 2 rings (SSSR count). The number of nitrogens with two attached hydrogens (primary N) is 1. The first-order valence-electron chi connectivity index (χ1n) is 5.34. The van der Waals surface area contributed by atoms with E-state index in [0.29, 0.717) is 19.6 Å². The molecule has 4 heteroatoms. The van der Waals surface area contributed by atoms with Crippen LogP contribution in [0.2, 0.25) is 0 Å². The van der Waals surface area contributed by atoms with E-state index in [2.05, 4.69) is 0 Å². The summed E-state index contributed by atoms with van der Waals surface area (Å²) in [5.74, 6) is 0.204. The van der Waals surface area contributed by atoms with Crippen LogP contribution in [0, 0.1) is 0 Å². The van der Waals surface area contributed by atoms with Gasteiger partial charge in [-0.15, -0.1) is 0 Å². The van der Waals surface area contributed by atoms with Crippen molar-refractivity contribution in [1.82, 2.24) is 4.90 Å². The number of morpholine rings is 1. The Kier molecular flexibility index (Phi) is 2.74. The molecule has 2 aliphatic rings. The number of rotatable bonds is 2. The van der Waals surface area contributed by atoms with Gasteiger partial charge in [0.15, 0.2) is 0 Å². The van der Waals surface area contributed by atoms with E-state index in [-0.39, 0.29) is 11.4 Å². The SMILES string of the molecule is NC1(CC(=O)N2CCOCC2)CCC1.